The molecule has 1 aliphatic carbocycles. The highest BCUT2D eigenvalue weighted by Crippen LogP contribution is 2.39. The van der Waals surface area contributed by atoms with Crippen molar-refractivity contribution >= 4 is 20.3 Å². The summed E-state index contributed by atoms with van der Waals surface area (Å²) in [7, 11) is -1.77. The van der Waals surface area contributed by atoms with Gasteiger partial charge >= 0.3 is 11.9 Å². The van der Waals surface area contributed by atoms with Gasteiger partial charge < -0.3 is 14.6 Å². The van der Waals surface area contributed by atoms with Crippen LogP contribution in [0.25, 0.3) is 0 Å². The first-order valence-electron chi connectivity index (χ1n) is 8.26. The molecule has 0 aliphatic heterocycles. The molecule has 0 heterocycles. The lowest BCUT2D eigenvalue weighted by Crippen LogP contribution is -2.44. The molecular formula is C17H30O5Si. The van der Waals surface area contributed by atoms with Crippen LogP contribution in [0.1, 0.15) is 52.9 Å². The average molecular weight is 343 g/mol. The quantitative estimate of drug-likeness (QED) is 0.562. The van der Waals surface area contributed by atoms with Crippen LogP contribution < -0.4 is 0 Å². The van der Waals surface area contributed by atoms with Gasteiger partial charge in [-0.1, -0.05) is 26.8 Å². The van der Waals surface area contributed by atoms with Crippen molar-refractivity contribution in [3.05, 3.63) is 11.6 Å². The van der Waals surface area contributed by atoms with E-state index in [0.29, 0.717) is 0 Å². The summed E-state index contributed by atoms with van der Waals surface area (Å²) in [5, 5.41) is 18.1. The first-order chi connectivity index (χ1) is 10.4. The number of hydrogen-bond donors (Lipinski definition) is 2. The monoisotopic (exact) mass is 342 g/mol. The van der Waals surface area contributed by atoms with Crippen molar-refractivity contribution < 1.29 is 24.2 Å². The summed E-state index contributed by atoms with van der Waals surface area (Å²) in [4.78, 5) is 21.9. The molecule has 6 heteroatoms. The molecular weight excluding hydrogens is 312 g/mol. The highest BCUT2D eigenvalue weighted by Gasteiger charge is 2.39. The largest absolute Gasteiger partial charge is 0.481 e. The van der Waals surface area contributed by atoms with Crippen molar-refractivity contribution in [3.8, 4) is 0 Å². The number of aliphatic carboxylic acids is 2. The molecule has 0 amide bonds. The lowest BCUT2D eigenvalue weighted by molar-refractivity contribution is -0.139. The molecule has 0 atom stereocenters. The topological polar surface area (TPSA) is 83.8 Å². The third-order valence-electron chi connectivity index (χ3n) is 5.04. The van der Waals surface area contributed by atoms with Crippen LogP contribution >= 0.6 is 0 Å². The second-order valence-corrected chi connectivity index (χ2v) is 12.7. The fourth-order valence-electron chi connectivity index (χ4n) is 2.62. The van der Waals surface area contributed by atoms with E-state index in [2.05, 4.69) is 33.9 Å². The van der Waals surface area contributed by atoms with Crippen molar-refractivity contribution in [3.63, 3.8) is 0 Å². The maximum Gasteiger partial charge on any atom is 0.331 e. The maximum absolute atomic E-state index is 11.1. The summed E-state index contributed by atoms with van der Waals surface area (Å²) in [6.07, 6.45) is 5.00. The molecule has 0 unspecified atom stereocenters. The Bertz CT molecular complexity index is 468. The Kier molecular flexibility index (Phi) is 6.59. The van der Waals surface area contributed by atoms with Crippen LogP contribution in [-0.2, 0) is 14.0 Å². The van der Waals surface area contributed by atoms with Crippen LogP contribution in [0.15, 0.2) is 11.6 Å². The highest BCUT2D eigenvalue weighted by atomic mass is 28.4. The number of allylic oxidation sites excluding steroid dienone is 1. The Labute approximate surface area is 139 Å². The standard InChI is InChI=1S/C17H30O5Si/c1-17(2,3)23(4,5)22-14-8-6-12(7-9-14)10-13(16(20)21)11-15(18)19/h10,12,14H,6-9,11H2,1-5H3,(H,18,19)(H,20,21). The van der Waals surface area contributed by atoms with E-state index in [-0.39, 0.29) is 22.6 Å². The number of carboxylic acids is 2. The molecule has 1 saturated carbocycles. The third-order valence-corrected chi connectivity index (χ3v) is 9.57. The molecule has 2 N–H and O–H groups in total. The summed E-state index contributed by atoms with van der Waals surface area (Å²) < 4.78 is 6.42. The zero-order chi connectivity index (χ0) is 17.8. The fraction of sp³-hybridized carbons (Fsp3) is 0.765. The van der Waals surface area contributed by atoms with Gasteiger partial charge in [-0.25, -0.2) is 4.79 Å². The van der Waals surface area contributed by atoms with Crippen LogP contribution in [0, 0.1) is 5.92 Å². The van der Waals surface area contributed by atoms with Crippen molar-refractivity contribution in [1.29, 1.82) is 0 Å². The number of carbonyl (C=O) groups is 2. The van der Waals surface area contributed by atoms with Crippen LogP contribution in [0.5, 0.6) is 0 Å². The zero-order valence-electron chi connectivity index (χ0n) is 14.9. The van der Waals surface area contributed by atoms with E-state index in [1.807, 2.05) is 0 Å². The first-order valence-corrected chi connectivity index (χ1v) is 11.2. The first kappa shape index (κ1) is 19.9. The molecule has 23 heavy (non-hydrogen) atoms. The van der Waals surface area contributed by atoms with Crippen LogP contribution in [0.3, 0.4) is 0 Å². The van der Waals surface area contributed by atoms with Gasteiger partial charge in [0.25, 0.3) is 0 Å². The highest BCUT2D eigenvalue weighted by molar-refractivity contribution is 6.74. The van der Waals surface area contributed by atoms with Crippen LogP contribution in [-0.4, -0.2) is 36.6 Å². The van der Waals surface area contributed by atoms with Gasteiger partial charge in [-0.2, -0.15) is 0 Å². The van der Waals surface area contributed by atoms with E-state index in [0.717, 1.165) is 25.7 Å². The van der Waals surface area contributed by atoms with Crippen molar-refractivity contribution in [1.82, 2.24) is 0 Å². The van der Waals surface area contributed by atoms with Crippen molar-refractivity contribution in [2.45, 2.75) is 77.1 Å². The molecule has 0 bridgehead atoms. The lowest BCUT2D eigenvalue weighted by atomic mass is 9.86. The summed E-state index contributed by atoms with van der Waals surface area (Å²) >= 11 is 0. The Morgan fingerprint density at radius 3 is 2.04 bits per heavy atom. The lowest BCUT2D eigenvalue weighted by Gasteiger charge is -2.41. The molecule has 0 radical (unpaired) electrons. The molecule has 5 nitrogen and oxygen atoms in total. The molecule has 1 fully saturated rings. The minimum Gasteiger partial charge on any atom is -0.481 e. The third kappa shape index (κ3) is 6.10. The van der Waals surface area contributed by atoms with E-state index in [1.54, 1.807) is 6.08 Å². The predicted molar refractivity (Wildman–Crippen MR) is 92.0 cm³/mol. The molecule has 0 aromatic heterocycles. The zero-order valence-corrected chi connectivity index (χ0v) is 15.9. The summed E-state index contributed by atoms with van der Waals surface area (Å²) in [5.74, 6) is -2.10. The van der Waals surface area contributed by atoms with Gasteiger partial charge in [-0.3, -0.25) is 4.79 Å². The van der Waals surface area contributed by atoms with Crippen LogP contribution in [0.4, 0.5) is 0 Å². The second-order valence-electron chi connectivity index (χ2n) is 7.98. The van der Waals surface area contributed by atoms with Gasteiger partial charge in [-0.15, -0.1) is 0 Å². The Morgan fingerprint density at radius 1 is 1.13 bits per heavy atom. The van der Waals surface area contributed by atoms with E-state index in [4.69, 9.17) is 14.6 Å². The molecule has 1 aliphatic rings. The minimum atomic E-state index is -1.77. The number of carboxylic acid groups (broad SMARTS) is 2. The van der Waals surface area contributed by atoms with Gasteiger partial charge in [0.2, 0.25) is 0 Å². The van der Waals surface area contributed by atoms with Gasteiger partial charge in [0.1, 0.15) is 0 Å². The predicted octanol–water partition coefficient (Wildman–Crippen LogP) is 4.05. The minimum absolute atomic E-state index is 0.00809. The van der Waals surface area contributed by atoms with Crippen molar-refractivity contribution in [2.24, 2.45) is 5.92 Å². The van der Waals surface area contributed by atoms with Gasteiger partial charge in [0.05, 0.1) is 6.42 Å². The average Bonchev–Trinajstić information content (AvgIpc) is 2.37. The molecule has 1 rings (SSSR count). The SMILES string of the molecule is CC(C)(C)[Si](C)(C)OC1CCC(C=C(CC(=O)O)C(=O)O)CC1. The molecule has 0 spiro atoms. The van der Waals surface area contributed by atoms with E-state index < -0.39 is 26.7 Å². The molecule has 132 valence electrons. The summed E-state index contributed by atoms with van der Waals surface area (Å²) in [6, 6.07) is 0. The van der Waals surface area contributed by atoms with E-state index >= 15 is 0 Å². The Hall–Kier alpha value is -1.14. The van der Waals surface area contributed by atoms with Crippen LogP contribution in [0.2, 0.25) is 18.1 Å². The Balaban J connectivity index is 2.61. The summed E-state index contributed by atoms with van der Waals surface area (Å²) in [6.45, 7) is 11.2. The van der Waals surface area contributed by atoms with E-state index in [1.165, 1.54) is 0 Å². The maximum atomic E-state index is 11.1. The van der Waals surface area contributed by atoms with Gasteiger partial charge in [-0.05, 0) is 49.7 Å². The molecule has 0 saturated heterocycles. The second kappa shape index (κ2) is 7.62. The van der Waals surface area contributed by atoms with Gasteiger partial charge in [0, 0.05) is 11.7 Å². The van der Waals surface area contributed by atoms with Crippen molar-refractivity contribution in [2.75, 3.05) is 0 Å². The van der Waals surface area contributed by atoms with E-state index in [9.17, 15) is 9.59 Å². The fourth-order valence-corrected chi connectivity index (χ4v) is 4.04. The number of rotatable bonds is 6. The Morgan fingerprint density at radius 2 is 1.65 bits per heavy atom. The summed E-state index contributed by atoms with van der Waals surface area (Å²) in [5.41, 5.74) is -0.00809. The normalized spacial score (nSPS) is 23.6. The molecule has 0 aromatic carbocycles. The molecule has 0 aromatic rings. The van der Waals surface area contributed by atoms with Gasteiger partial charge in [0.15, 0.2) is 8.32 Å². The smallest absolute Gasteiger partial charge is 0.331 e. The number of hydrogen-bond acceptors (Lipinski definition) is 3.